The van der Waals surface area contributed by atoms with Crippen LogP contribution in [0.5, 0.6) is 0 Å². The highest BCUT2D eigenvalue weighted by atomic mass is 32.1. The van der Waals surface area contributed by atoms with Crippen molar-refractivity contribution in [1.29, 1.82) is 0 Å². The van der Waals surface area contributed by atoms with Crippen molar-refractivity contribution in [1.82, 2.24) is 5.32 Å². The van der Waals surface area contributed by atoms with Crippen LogP contribution in [0.25, 0.3) is 6.08 Å². The van der Waals surface area contributed by atoms with Gasteiger partial charge in [0.15, 0.2) is 0 Å². The van der Waals surface area contributed by atoms with E-state index in [1.807, 2.05) is 29.7 Å². The summed E-state index contributed by atoms with van der Waals surface area (Å²) in [5, 5.41) is 4.91. The number of rotatable bonds is 7. The molecule has 0 fully saturated rings. The van der Waals surface area contributed by atoms with Gasteiger partial charge in [-0.3, -0.25) is 4.79 Å². The molecule has 3 heteroatoms. The fourth-order valence-corrected chi connectivity index (χ4v) is 2.53. The summed E-state index contributed by atoms with van der Waals surface area (Å²) in [4.78, 5) is 12.7. The van der Waals surface area contributed by atoms with Crippen molar-refractivity contribution in [2.45, 2.75) is 19.3 Å². The van der Waals surface area contributed by atoms with Gasteiger partial charge in [-0.1, -0.05) is 36.4 Å². The molecule has 1 amide bonds. The molecule has 2 rings (SSSR count). The lowest BCUT2D eigenvalue weighted by molar-refractivity contribution is -0.116. The summed E-state index contributed by atoms with van der Waals surface area (Å²) >= 11 is 1.63. The molecule has 0 aliphatic carbocycles. The lowest BCUT2D eigenvalue weighted by Crippen LogP contribution is -2.22. The Morgan fingerprint density at radius 3 is 2.70 bits per heavy atom. The molecule has 0 unspecified atom stereocenters. The van der Waals surface area contributed by atoms with Crippen LogP contribution < -0.4 is 5.32 Å². The number of benzene rings is 1. The molecule has 20 heavy (non-hydrogen) atoms. The van der Waals surface area contributed by atoms with Crippen molar-refractivity contribution in [3.8, 4) is 0 Å². The summed E-state index contributed by atoms with van der Waals surface area (Å²) < 4.78 is 0. The van der Waals surface area contributed by atoms with E-state index in [2.05, 4.69) is 29.6 Å². The van der Waals surface area contributed by atoms with Gasteiger partial charge >= 0.3 is 0 Å². The fourth-order valence-electron chi connectivity index (χ4n) is 1.91. The van der Waals surface area contributed by atoms with E-state index >= 15 is 0 Å². The Bertz CT molecular complexity index is 531. The van der Waals surface area contributed by atoms with E-state index in [4.69, 9.17) is 0 Å². The number of carbonyl (C=O) groups is 1. The second-order valence-electron chi connectivity index (χ2n) is 4.58. The Hall–Kier alpha value is -1.87. The molecule has 0 saturated carbocycles. The molecule has 104 valence electrons. The Kier molecular flexibility index (Phi) is 6.06. The number of aryl methyl sites for hydroxylation is 1. The van der Waals surface area contributed by atoms with Crippen molar-refractivity contribution in [2.24, 2.45) is 0 Å². The van der Waals surface area contributed by atoms with Crippen molar-refractivity contribution in [2.75, 3.05) is 6.54 Å². The standard InChI is InChI=1S/C17H19NOS/c19-17(12-11-16-10-6-14-20-16)18-13-5-4-9-15-7-2-1-3-8-15/h1-3,6-8,10-12,14H,4-5,9,13H2,(H,18,19). The smallest absolute Gasteiger partial charge is 0.244 e. The molecule has 1 aromatic carbocycles. The first-order valence-corrected chi connectivity index (χ1v) is 7.76. The average Bonchev–Trinajstić information content (AvgIpc) is 2.99. The number of carbonyl (C=O) groups excluding carboxylic acids is 1. The maximum atomic E-state index is 11.6. The Balaban J connectivity index is 1.58. The van der Waals surface area contributed by atoms with Crippen molar-refractivity contribution in [3.63, 3.8) is 0 Å². The van der Waals surface area contributed by atoms with Crippen LogP contribution in [-0.4, -0.2) is 12.5 Å². The minimum Gasteiger partial charge on any atom is -0.353 e. The lowest BCUT2D eigenvalue weighted by atomic mass is 10.1. The van der Waals surface area contributed by atoms with Crippen LogP contribution >= 0.6 is 11.3 Å². The molecule has 0 aliphatic rings. The third-order valence-electron chi connectivity index (χ3n) is 2.98. The van der Waals surface area contributed by atoms with Crippen LogP contribution in [0.3, 0.4) is 0 Å². The van der Waals surface area contributed by atoms with Gasteiger partial charge in [0.1, 0.15) is 0 Å². The Morgan fingerprint density at radius 2 is 1.95 bits per heavy atom. The van der Waals surface area contributed by atoms with E-state index < -0.39 is 0 Å². The highest BCUT2D eigenvalue weighted by Crippen LogP contribution is 2.09. The van der Waals surface area contributed by atoms with Gasteiger partial charge in [0, 0.05) is 17.5 Å². The van der Waals surface area contributed by atoms with Gasteiger partial charge in [0.05, 0.1) is 0 Å². The van der Waals surface area contributed by atoms with E-state index in [9.17, 15) is 4.79 Å². The first kappa shape index (κ1) is 14.5. The van der Waals surface area contributed by atoms with Crippen LogP contribution in [0, 0.1) is 0 Å². The molecule has 2 aromatic rings. The Morgan fingerprint density at radius 1 is 1.10 bits per heavy atom. The molecule has 0 saturated heterocycles. The van der Waals surface area contributed by atoms with E-state index in [-0.39, 0.29) is 5.91 Å². The quantitative estimate of drug-likeness (QED) is 0.606. The van der Waals surface area contributed by atoms with E-state index in [0.29, 0.717) is 0 Å². The number of thiophene rings is 1. The molecule has 1 heterocycles. The summed E-state index contributed by atoms with van der Waals surface area (Å²) in [6, 6.07) is 14.4. The van der Waals surface area contributed by atoms with Gasteiger partial charge in [-0.25, -0.2) is 0 Å². The third-order valence-corrected chi connectivity index (χ3v) is 3.81. The molecule has 0 bridgehead atoms. The summed E-state index contributed by atoms with van der Waals surface area (Å²) in [5.41, 5.74) is 1.36. The predicted octanol–water partition coefficient (Wildman–Crippen LogP) is 3.90. The first-order valence-electron chi connectivity index (χ1n) is 6.88. The van der Waals surface area contributed by atoms with Crippen molar-refractivity contribution >= 4 is 23.3 Å². The zero-order valence-electron chi connectivity index (χ0n) is 11.4. The average molecular weight is 285 g/mol. The van der Waals surface area contributed by atoms with Crippen LogP contribution in [0.1, 0.15) is 23.3 Å². The largest absolute Gasteiger partial charge is 0.353 e. The Labute approximate surface area is 124 Å². The van der Waals surface area contributed by atoms with Gasteiger partial charge in [-0.15, -0.1) is 11.3 Å². The van der Waals surface area contributed by atoms with Crippen LogP contribution in [0.15, 0.2) is 53.9 Å². The van der Waals surface area contributed by atoms with E-state index in [1.54, 1.807) is 17.4 Å². The second kappa shape index (κ2) is 8.33. The van der Waals surface area contributed by atoms with Gasteiger partial charge in [0.2, 0.25) is 5.91 Å². The molecule has 1 N–H and O–H groups in total. The summed E-state index contributed by atoms with van der Waals surface area (Å²) in [6.07, 6.45) is 6.63. The van der Waals surface area contributed by atoms with Crippen molar-refractivity contribution in [3.05, 3.63) is 64.4 Å². The van der Waals surface area contributed by atoms with Crippen molar-refractivity contribution < 1.29 is 4.79 Å². The molecular weight excluding hydrogens is 266 g/mol. The molecule has 0 atom stereocenters. The normalized spacial score (nSPS) is 10.8. The van der Waals surface area contributed by atoms with Gasteiger partial charge in [0.25, 0.3) is 0 Å². The van der Waals surface area contributed by atoms with Gasteiger partial charge in [-0.05, 0) is 42.3 Å². The molecule has 0 aliphatic heterocycles. The van der Waals surface area contributed by atoms with Crippen LogP contribution in [-0.2, 0) is 11.2 Å². The first-order chi connectivity index (χ1) is 9.84. The summed E-state index contributed by atoms with van der Waals surface area (Å²) in [6.45, 7) is 0.737. The lowest BCUT2D eigenvalue weighted by Gasteiger charge is -2.03. The van der Waals surface area contributed by atoms with E-state index in [1.165, 1.54) is 5.56 Å². The summed E-state index contributed by atoms with van der Waals surface area (Å²) in [5.74, 6) is -0.0156. The fraction of sp³-hybridized carbons (Fsp3) is 0.235. The molecule has 0 radical (unpaired) electrons. The zero-order chi connectivity index (χ0) is 14.0. The second-order valence-corrected chi connectivity index (χ2v) is 5.56. The van der Waals surface area contributed by atoms with E-state index in [0.717, 1.165) is 30.7 Å². The number of nitrogens with one attached hydrogen (secondary N) is 1. The maximum absolute atomic E-state index is 11.6. The number of hydrogen-bond donors (Lipinski definition) is 1. The topological polar surface area (TPSA) is 29.1 Å². The molecule has 1 aromatic heterocycles. The minimum absolute atomic E-state index is 0.0156. The van der Waals surface area contributed by atoms with Gasteiger partial charge in [-0.2, -0.15) is 0 Å². The third kappa shape index (κ3) is 5.41. The molecule has 0 spiro atoms. The summed E-state index contributed by atoms with van der Waals surface area (Å²) in [7, 11) is 0. The van der Waals surface area contributed by atoms with Gasteiger partial charge < -0.3 is 5.32 Å². The molecule has 2 nitrogen and oxygen atoms in total. The highest BCUT2D eigenvalue weighted by molar-refractivity contribution is 7.10. The SMILES string of the molecule is O=C(C=Cc1cccs1)NCCCCc1ccccc1. The van der Waals surface area contributed by atoms with Crippen LogP contribution in [0.2, 0.25) is 0 Å². The number of unbranched alkanes of at least 4 members (excludes halogenated alkanes) is 1. The monoisotopic (exact) mass is 285 g/mol. The maximum Gasteiger partial charge on any atom is 0.244 e. The number of amides is 1. The zero-order valence-corrected chi connectivity index (χ0v) is 12.2. The predicted molar refractivity (Wildman–Crippen MR) is 85.7 cm³/mol. The minimum atomic E-state index is -0.0156. The number of hydrogen-bond acceptors (Lipinski definition) is 2. The molecular formula is C17H19NOS. The van der Waals surface area contributed by atoms with Crippen LogP contribution in [0.4, 0.5) is 0 Å². The highest BCUT2D eigenvalue weighted by Gasteiger charge is 1.96.